The van der Waals surface area contributed by atoms with Crippen LogP contribution < -0.4 is 10.9 Å². The van der Waals surface area contributed by atoms with E-state index in [-0.39, 0.29) is 17.9 Å². The molecule has 0 spiro atoms. The van der Waals surface area contributed by atoms with E-state index in [1.807, 2.05) is 12.1 Å². The minimum absolute atomic E-state index is 0.0269. The van der Waals surface area contributed by atoms with Gasteiger partial charge in [-0.05, 0) is 17.7 Å². The van der Waals surface area contributed by atoms with Crippen LogP contribution in [0.1, 0.15) is 21.6 Å². The van der Waals surface area contributed by atoms with Crippen LogP contribution in [0.4, 0.5) is 0 Å². The number of nitrogens with one attached hydrogen (secondary N) is 2. The molecule has 0 unspecified atom stereocenters. The second kappa shape index (κ2) is 9.57. The van der Waals surface area contributed by atoms with Crippen LogP contribution in [0.3, 0.4) is 0 Å². The maximum absolute atomic E-state index is 11.8. The molecule has 26 heavy (non-hydrogen) atoms. The number of carbonyl (C=O) groups is 2. The quantitative estimate of drug-likeness (QED) is 0.316. The van der Waals surface area contributed by atoms with Crippen LogP contribution in [0.15, 0.2) is 52.9 Å². The van der Waals surface area contributed by atoms with Crippen molar-refractivity contribution in [3.05, 3.63) is 70.2 Å². The van der Waals surface area contributed by atoms with Gasteiger partial charge >= 0.3 is 5.97 Å². The van der Waals surface area contributed by atoms with Gasteiger partial charge in [0.05, 0.1) is 24.8 Å². The normalized spacial score (nSPS) is 10.2. The summed E-state index contributed by atoms with van der Waals surface area (Å²) in [7, 11) is 1.33. The Hall–Kier alpha value is -2.87. The molecule has 1 aromatic heterocycles. The molecule has 0 aliphatic carbocycles. The third-order valence-corrected chi connectivity index (χ3v) is 4.25. The molecule has 0 saturated heterocycles. The second-order valence-electron chi connectivity index (χ2n) is 5.29. The summed E-state index contributed by atoms with van der Waals surface area (Å²) in [5, 5.41) is 3.07. The molecule has 2 aromatic rings. The highest BCUT2D eigenvalue weighted by Crippen LogP contribution is 2.19. The van der Waals surface area contributed by atoms with Crippen molar-refractivity contribution in [1.29, 1.82) is 0 Å². The molecule has 7 nitrogen and oxygen atoms in total. The molecule has 0 atom stereocenters. The average molecular weight is 373 g/mol. The van der Waals surface area contributed by atoms with Gasteiger partial charge in [0.1, 0.15) is 0 Å². The number of methoxy groups -OCH3 is 1. The van der Waals surface area contributed by atoms with Gasteiger partial charge in [-0.3, -0.25) is 9.59 Å². The van der Waals surface area contributed by atoms with E-state index in [1.165, 1.54) is 24.9 Å². The molecule has 2 N–H and O–H groups in total. The number of hydrogen-bond donors (Lipinski definition) is 2. The van der Waals surface area contributed by atoms with Crippen molar-refractivity contribution < 1.29 is 14.3 Å². The van der Waals surface area contributed by atoms with Crippen molar-refractivity contribution >= 4 is 23.6 Å². The number of aromatic amines is 1. The smallest absolute Gasteiger partial charge is 0.337 e. The van der Waals surface area contributed by atoms with Gasteiger partial charge in [-0.25, -0.2) is 9.78 Å². The Morgan fingerprint density at radius 3 is 2.73 bits per heavy atom. The van der Waals surface area contributed by atoms with E-state index in [9.17, 15) is 14.4 Å². The zero-order chi connectivity index (χ0) is 18.9. The summed E-state index contributed by atoms with van der Waals surface area (Å²) < 4.78 is 4.66. The number of rotatable bonds is 8. The topological polar surface area (TPSA) is 101 Å². The lowest BCUT2D eigenvalue weighted by Gasteiger charge is -2.05. The van der Waals surface area contributed by atoms with E-state index in [0.29, 0.717) is 28.7 Å². The number of aromatic nitrogens is 2. The van der Waals surface area contributed by atoms with Crippen LogP contribution in [-0.4, -0.2) is 35.5 Å². The minimum Gasteiger partial charge on any atom is -0.465 e. The third-order valence-electron chi connectivity index (χ3n) is 3.31. The summed E-state index contributed by atoms with van der Waals surface area (Å²) in [5.74, 6) is -0.0637. The van der Waals surface area contributed by atoms with Crippen LogP contribution in [-0.2, 0) is 21.7 Å². The Morgan fingerprint density at radius 2 is 2.08 bits per heavy atom. The van der Waals surface area contributed by atoms with Crippen LogP contribution >= 0.6 is 11.8 Å². The summed E-state index contributed by atoms with van der Waals surface area (Å²) in [6.45, 7) is 3.89. The first-order chi connectivity index (χ1) is 12.5. The zero-order valence-corrected chi connectivity index (χ0v) is 15.1. The number of hydrogen-bond acceptors (Lipinski definition) is 6. The first-order valence-electron chi connectivity index (χ1n) is 7.79. The molecule has 0 aliphatic heterocycles. The fraction of sp³-hybridized carbons (Fsp3) is 0.222. The zero-order valence-electron chi connectivity index (χ0n) is 14.3. The predicted octanol–water partition coefficient (Wildman–Crippen LogP) is 1.69. The van der Waals surface area contributed by atoms with Gasteiger partial charge in [-0.15, -0.1) is 6.58 Å². The lowest BCUT2D eigenvalue weighted by molar-refractivity contribution is -0.120. The number of esters is 1. The maximum Gasteiger partial charge on any atom is 0.337 e. The molecular weight excluding hydrogens is 354 g/mol. The number of thioether (sulfide) groups is 1. The van der Waals surface area contributed by atoms with E-state index in [2.05, 4.69) is 26.6 Å². The molecule has 2 rings (SSSR count). The van der Waals surface area contributed by atoms with Crippen LogP contribution in [0.25, 0.3) is 0 Å². The standard InChI is InChI=1S/C18H19N3O4S/c1-3-8-19-15(22)9-14-10-16(23)21-18(20-14)26-11-12-4-6-13(7-5-12)17(24)25-2/h3-7,10H,1,8-9,11H2,2H3,(H,19,22)(H,20,21,23). The maximum atomic E-state index is 11.8. The van der Waals surface area contributed by atoms with Gasteiger partial charge in [0, 0.05) is 18.4 Å². The van der Waals surface area contributed by atoms with E-state index in [4.69, 9.17) is 0 Å². The Kier molecular flexibility index (Phi) is 7.16. The van der Waals surface area contributed by atoms with Gasteiger partial charge in [0.2, 0.25) is 5.91 Å². The first kappa shape index (κ1) is 19.5. The Morgan fingerprint density at radius 1 is 1.35 bits per heavy atom. The number of benzene rings is 1. The molecule has 136 valence electrons. The SMILES string of the molecule is C=CCNC(=O)Cc1cc(=O)[nH]c(SCc2ccc(C(=O)OC)cc2)n1. The summed E-state index contributed by atoms with van der Waals surface area (Å²) >= 11 is 1.34. The first-order valence-corrected chi connectivity index (χ1v) is 8.78. The van der Waals surface area contributed by atoms with Crippen molar-refractivity contribution in [3.63, 3.8) is 0 Å². The van der Waals surface area contributed by atoms with Crippen molar-refractivity contribution in [2.75, 3.05) is 13.7 Å². The molecule has 0 radical (unpaired) electrons. The summed E-state index contributed by atoms with van der Waals surface area (Å²) in [6.07, 6.45) is 1.61. The Bertz CT molecular complexity index is 846. The number of H-pyrrole nitrogens is 1. The highest BCUT2D eigenvalue weighted by atomic mass is 32.2. The van der Waals surface area contributed by atoms with Gasteiger partial charge in [-0.2, -0.15) is 0 Å². The van der Waals surface area contributed by atoms with E-state index in [0.717, 1.165) is 5.56 Å². The second-order valence-corrected chi connectivity index (χ2v) is 6.25. The highest BCUT2D eigenvalue weighted by Gasteiger charge is 2.08. The van der Waals surface area contributed by atoms with Gasteiger partial charge in [0.25, 0.3) is 5.56 Å². The van der Waals surface area contributed by atoms with E-state index < -0.39 is 5.97 Å². The molecule has 0 aliphatic rings. The predicted molar refractivity (Wildman–Crippen MR) is 99.1 cm³/mol. The van der Waals surface area contributed by atoms with Crippen LogP contribution in [0.2, 0.25) is 0 Å². The largest absolute Gasteiger partial charge is 0.465 e. The number of ether oxygens (including phenoxy) is 1. The van der Waals surface area contributed by atoms with Crippen molar-refractivity contribution in [2.24, 2.45) is 0 Å². The molecule has 0 saturated carbocycles. The van der Waals surface area contributed by atoms with Crippen molar-refractivity contribution in [2.45, 2.75) is 17.3 Å². The molecule has 0 bridgehead atoms. The molecule has 1 heterocycles. The number of nitrogens with zero attached hydrogens (tertiary/aromatic N) is 1. The van der Waals surface area contributed by atoms with Crippen molar-refractivity contribution in [3.8, 4) is 0 Å². The third kappa shape index (κ3) is 5.89. The monoisotopic (exact) mass is 373 g/mol. The Balaban J connectivity index is 2.00. The van der Waals surface area contributed by atoms with Gasteiger partial charge < -0.3 is 15.0 Å². The molecular formula is C18H19N3O4S. The Labute approximate surface area is 154 Å². The fourth-order valence-electron chi connectivity index (χ4n) is 2.06. The average Bonchev–Trinajstić information content (AvgIpc) is 2.64. The van der Waals surface area contributed by atoms with E-state index in [1.54, 1.807) is 18.2 Å². The summed E-state index contributed by atoms with van der Waals surface area (Å²) in [6, 6.07) is 8.28. The molecule has 8 heteroatoms. The molecule has 0 fully saturated rings. The summed E-state index contributed by atoms with van der Waals surface area (Å²) in [5.41, 5.74) is 1.52. The van der Waals surface area contributed by atoms with Crippen LogP contribution in [0, 0.1) is 0 Å². The lowest BCUT2D eigenvalue weighted by Crippen LogP contribution is -2.26. The fourth-order valence-corrected chi connectivity index (χ4v) is 2.91. The molecule has 1 amide bonds. The minimum atomic E-state index is -0.391. The van der Waals surface area contributed by atoms with E-state index >= 15 is 0 Å². The van der Waals surface area contributed by atoms with Gasteiger partial charge in [0.15, 0.2) is 5.16 Å². The lowest BCUT2D eigenvalue weighted by atomic mass is 10.1. The van der Waals surface area contributed by atoms with Crippen LogP contribution in [0.5, 0.6) is 0 Å². The highest BCUT2D eigenvalue weighted by molar-refractivity contribution is 7.98. The summed E-state index contributed by atoms with van der Waals surface area (Å²) in [4.78, 5) is 41.9. The van der Waals surface area contributed by atoms with Gasteiger partial charge in [-0.1, -0.05) is 30.0 Å². The van der Waals surface area contributed by atoms with Crippen molar-refractivity contribution in [1.82, 2.24) is 15.3 Å². The molecule has 1 aromatic carbocycles. The number of carbonyl (C=O) groups excluding carboxylic acids is 2. The number of amides is 1.